The van der Waals surface area contributed by atoms with Crippen molar-refractivity contribution < 1.29 is 4.74 Å². The molecule has 4 heteroatoms. The predicted octanol–water partition coefficient (Wildman–Crippen LogP) is 3.95. The van der Waals surface area contributed by atoms with E-state index in [9.17, 15) is 0 Å². The minimum absolute atomic E-state index is 0.180. The summed E-state index contributed by atoms with van der Waals surface area (Å²) in [5.41, 5.74) is 0.980. The van der Waals surface area contributed by atoms with Gasteiger partial charge in [0, 0.05) is 17.8 Å². The van der Waals surface area contributed by atoms with Crippen molar-refractivity contribution in [1.82, 2.24) is 5.32 Å². The Morgan fingerprint density at radius 3 is 2.81 bits per heavy atom. The van der Waals surface area contributed by atoms with Gasteiger partial charge in [0.2, 0.25) is 0 Å². The molecule has 21 heavy (non-hydrogen) atoms. The summed E-state index contributed by atoms with van der Waals surface area (Å²) < 4.78 is 5.71. The third kappa shape index (κ3) is 3.67. The van der Waals surface area contributed by atoms with Gasteiger partial charge in [0.1, 0.15) is 5.75 Å². The molecule has 0 unspecified atom stereocenters. The van der Waals surface area contributed by atoms with Gasteiger partial charge in [-0.15, -0.1) is 0 Å². The zero-order chi connectivity index (χ0) is 14.8. The van der Waals surface area contributed by atoms with Crippen molar-refractivity contribution >= 4 is 23.0 Å². The fourth-order valence-corrected chi connectivity index (χ4v) is 3.95. The van der Waals surface area contributed by atoms with E-state index in [-0.39, 0.29) is 6.10 Å². The van der Waals surface area contributed by atoms with Crippen LogP contribution in [-0.2, 0) is 0 Å². The highest BCUT2D eigenvalue weighted by Gasteiger charge is 2.39. The van der Waals surface area contributed by atoms with Crippen LogP contribution in [0.5, 0.6) is 5.75 Å². The summed E-state index contributed by atoms with van der Waals surface area (Å²) in [5, 5.41) is 7.51. The Balaban J connectivity index is 1.55. The third-order valence-electron chi connectivity index (χ3n) is 4.52. The van der Waals surface area contributed by atoms with Crippen molar-refractivity contribution in [2.75, 3.05) is 5.32 Å². The minimum atomic E-state index is 0.180. The van der Waals surface area contributed by atoms with Gasteiger partial charge in [-0.25, -0.2) is 0 Å². The first-order valence-corrected chi connectivity index (χ1v) is 8.35. The number of ether oxygens (including phenoxy) is 1. The number of nitrogens with one attached hydrogen (secondary N) is 2. The topological polar surface area (TPSA) is 33.3 Å². The predicted molar refractivity (Wildman–Crippen MR) is 90.8 cm³/mol. The molecule has 2 saturated carbocycles. The van der Waals surface area contributed by atoms with Crippen molar-refractivity contribution in [1.29, 1.82) is 0 Å². The van der Waals surface area contributed by atoms with E-state index in [1.165, 1.54) is 25.7 Å². The molecule has 0 radical (unpaired) electrons. The molecule has 1 aromatic rings. The molecule has 0 heterocycles. The van der Waals surface area contributed by atoms with E-state index >= 15 is 0 Å². The Morgan fingerprint density at radius 1 is 1.29 bits per heavy atom. The summed E-state index contributed by atoms with van der Waals surface area (Å²) >= 11 is 5.46. The number of hydrogen-bond donors (Lipinski definition) is 2. The van der Waals surface area contributed by atoms with Crippen molar-refractivity contribution in [2.45, 2.75) is 51.7 Å². The Hall–Kier alpha value is -1.29. The average molecular weight is 304 g/mol. The van der Waals surface area contributed by atoms with Gasteiger partial charge in [0.25, 0.3) is 0 Å². The number of hydrogen-bond acceptors (Lipinski definition) is 2. The van der Waals surface area contributed by atoms with Gasteiger partial charge in [-0.2, -0.15) is 0 Å². The number of fused-ring (bicyclic) bond motifs is 2. The van der Waals surface area contributed by atoms with E-state index in [1.54, 1.807) is 0 Å². The molecule has 0 saturated heterocycles. The zero-order valence-corrected chi connectivity index (χ0v) is 13.6. The van der Waals surface area contributed by atoms with Crippen LogP contribution in [0.2, 0.25) is 0 Å². The first kappa shape index (κ1) is 14.6. The number of anilines is 1. The van der Waals surface area contributed by atoms with E-state index in [4.69, 9.17) is 17.0 Å². The van der Waals surface area contributed by atoms with Gasteiger partial charge < -0.3 is 15.4 Å². The van der Waals surface area contributed by atoms with Crippen molar-refractivity contribution in [2.24, 2.45) is 11.8 Å². The van der Waals surface area contributed by atoms with Crippen molar-refractivity contribution in [3.05, 3.63) is 24.3 Å². The highest BCUT2D eigenvalue weighted by Crippen LogP contribution is 2.44. The van der Waals surface area contributed by atoms with Gasteiger partial charge >= 0.3 is 0 Å². The largest absolute Gasteiger partial charge is 0.491 e. The lowest BCUT2D eigenvalue weighted by molar-refractivity contribution is 0.242. The van der Waals surface area contributed by atoms with E-state index in [0.717, 1.165) is 28.4 Å². The smallest absolute Gasteiger partial charge is 0.171 e. The summed E-state index contributed by atoms with van der Waals surface area (Å²) in [6, 6.07) is 8.54. The number of thiocarbonyl (C=S) groups is 1. The van der Waals surface area contributed by atoms with Crippen LogP contribution < -0.4 is 15.4 Å². The van der Waals surface area contributed by atoms with Crippen LogP contribution in [0.15, 0.2) is 24.3 Å². The maximum atomic E-state index is 5.71. The van der Waals surface area contributed by atoms with Crippen LogP contribution in [0.3, 0.4) is 0 Å². The molecule has 114 valence electrons. The first-order valence-electron chi connectivity index (χ1n) is 7.94. The van der Waals surface area contributed by atoms with Crippen LogP contribution >= 0.6 is 12.2 Å². The van der Waals surface area contributed by atoms with Gasteiger partial charge in [-0.05, 0) is 69.3 Å². The van der Waals surface area contributed by atoms with E-state index in [1.807, 2.05) is 38.1 Å². The summed E-state index contributed by atoms with van der Waals surface area (Å²) in [6.45, 7) is 4.06. The Labute approximate surface area is 132 Å². The molecule has 2 bridgehead atoms. The Kier molecular flexibility index (Phi) is 4.34. The van der Waals surface area contributed by atoms with E-state index < -0.39 is 0 Å². The molecule has 0 spiro atoms. The van der Waals surface area contributed by atoms with Crippen LogP contribution in [0.1, 0.15) is 39.5 Å². The molecule has 2 aliphatic carbocycles. The molecule has 2 aliphatic rings. The summed E-state index contributed by atoms with van der Waals surface area (Å²) in [6.07, 6.45) is 5.63. The number of rotatable bonds is 4. The Bertz CT molecular complexity index is 517. The molecule has 2 fully saturated rings. The van der Waals surface area contributed by atoms with Crippen LogP contribution in [-0.4, -0.2) is 17.3 Å². The fourth-order valence-electron chi connectivity index (χ4n) is 3.68. The maximum absolute atomic E-state index is 5.71. The Morgan fingerprint density at radius 2 is 2.14 bits per heavy atom. The van der Waals surface area contributed by atoms with Crippen molar-refractivity contribution in [3.8, 4) is 5.75 Å². The maximum Gasteiger partial charge on any atom is 0.171 e. The molecule has 0 amide bonds. The molecule has 2 N–H and O–H groups in total. The summed E-state index contributed by atoms with van der Waals surface area (Å²) in [5.74, 6) is 2.63. The lowest BCUT2D eigenvalue weighted by atomic mass is 9.96. The quantitative estimate of drug-likeness (QED) is 0.825. The first-order chi connectivity index (χ1) is 10.1. The van der Waals surface area contributed by atoms with Crippen LogP contribution in [0, 0.1) is 11.8 Å². The van der Waals surface area contributed by atoms with Crippen LogP contribution in [0.4, 0.5) is 5.69 Å². The van der Waals surface area contributed by atoms with Gasteiger partial charge in [0.05, 0.1) is 6.10 Å². The second-order valence-corrected chi connectivity index (χ2v) is 6.98. The lowest BCUT2D eigenvalue weighted by Gasteiger charge is -2.24. The van der Waals surface area contributed by atoms with Gasteiger partial charge in [0.15, 0.2) is 5.11 Å². The van der Waals surface area contributed by atoms with E-state index in [2.05, 4.69) is 10.6 Å². The van der Waals surface area contributed by atoms with Gasteiger partial charge in [-0.1, -0.05) is 12.5 Å². The molecule has 3 rings (SSSR count). The number of benzene rings is 1. The highest BCUT2D eigenvalue weighted by molar-refractivity contribution is 7.80. The van der Waals surface area contributed by atoms with E-state index in [0.29, 0.717) is 6.04 Å². The SMILES string of the molecule is CC(C)Oc1cccc(NC(=S)N[C@H]2C[C@@H]3CC[C@@H]2C3)c1. The zero-order valence-electron chi connectivity index (χ0n) is 12.8. The third-order valence-corrected chi connectivity index (χ3v) is 4.74. The molecule has 0 aromatic heterocycles. The average Bonchev–Trinajstić information content (AvgIpc) is 3.00. The van der Waals surface area contributed by atoms with Gasteiger partial charge in [-0.3, -0.25) is 0 Å². The second kappa shape index (κ2) is 6.22. The molecular formula is C17H24N2OS. The molecule has 3 atom stereocenters. The normalized spacial score (nSPS) is 26.9. The molecule has 0 aliphatic heterocycles. The fraction of sp³-hybridized carbons (Fsp3) is 0.588. The molecular weight excluding hydrogens is 280 g/mol. The second-order valence-electron chi connectivity index (χ2n) is 6.57. The summed E-state index contributed by atoms with van der Waals surface area (Å²) in [4.78, 5) is 0. The highest BCUT2D eigenvalue weighted by atomic mass is 32.1. The van der Waals surface area contributed by atoms with Crippen LogP contribution in [0.25, 0.3) is 0 Å². The monoisotopic (exact) mass is 304 g/mol. The lowest BCUT2D eigenvalue weighted by Crippen LogP contribution is -2.40. The molecule has 1 aromatic carbocycles. The minimum Gasteiger partial charge on any atom is -0.491 e. The molecule has 3 nitrogen and oxygen atoms in total. The summed E-state index contributed by atoms with van der Waals surface area (Å²) in [7, 11) is 0. The standard InChI is InChI=1S/C17H24N2OS/c1-11(2)20-15-5-3-4-14(10-15)18-17(21)19-16-9-12-6-7-13(16)8-12/h3-5,10-13,16H,6-9H2,1-2H3,(H2,18,19,21)/t12-,13-,16+/m1/s1. The van der Waals surface area contributed by atoms with Crippen molar-refractivity contribution in [3.63, 3.8) is 0 Å².